The summed E-state index contributed by atoms with van der Waals surface area (Å²) in [6.45, 7) is 1.98. The quantitative estimate of drug-likeness (QED) is 0.701. The van der Waals surface area contributed by atoms with Crippen LogP contribution in [0, 0.1) is 0 Å². The van der Waals surface area contributed by atoms with Gasteiger partial charge in [-0.3, -0.25) is 0 Å². The van der Waals surface area contributed by atoms with E-state index in [1.807, 2.05) is 25.3 Å². The molecular weight excluding hydrogens is 166 g/mol. The Morgan fingerprint density at radius 2 is 2.46 bits per heavy atom. The van der Waals surface area contributed by atoms with Crippen LogP contribution in [0.1, 0.15) is 12.5 Å². The summed E-state index contributed by atoms with van der Waals surface area (Å²) >= 11 is 0. The molecule has 5 heteroatoms. The van der Waals surface area contributed by atoms with Crippen LogP contribution in [0.2, 0.25) is 0 Å². The van der Waals surface area contributed by atoms with Crippen LogP contribution >= 0.6 is 0 Å². The molecule has 1 unspecified atom stereocenters. The van der Waals surface area contributed by atoms with Gasteiger partial charge in [0, 0.05) is 12.2 Å². The molecule has 2 rings (SSSR count). The summed E-state index contributed by atoms with van der Waals surface area (Å²) in [6, 6.07) is 4.09. The van der Waals surface area contributed by atoms with Crippen molar-refractivity contribution in [2.24, 2.45) is 5.73 Å². The zero-order valence-corrected chi connectivity index (χ0v) is 7.38. The second-order valence-electron chi connectivity index (χ2n) is 3.20. The second-order valence-corrected chi connectivity index (χ2v) is 3.20. The third-order valence-corrected chi connectivity index (χ3v) is 1.82. The molecule has 0 aliphatic carbocycles. The van der Waals surface area contributed by atoms with Crippen molar-refractivity contribution in [2.75, 3.05) is 0 Å². The number of nitrogens with zero attached hydrogens (tertiary/aromatic N) is 4. The highest BCUT2D eigenvalue weighted by Gasteiger charge is 2.01. The minimum atomic E-state index is 0.165. The van der Waals surface area contributed by atoms with Crippen molar-refractivity contribution in [3.05, 3.63) is 23.9 Å². The Kier molecular flexibility index (Phi) is 1.94. The topological polar surface area (TPSA) is 69.1 Å². The largest absolute Gasteiger partial charge is 0.328 e. The van der Waals surface area contributed by atoms with E-state index in [0.29, 0.717) is 0 Å². The lowest BCUT2D eigenvalue weighted by atomic mass is 10.1. The monoisotopic (exact) mass is 177 g/mol. The molecule has 0 aliphatic rings. The molecule has 68 valence electrons. The van der Waals surface area contributed by atoms with Gasteiger partial charge in [0.25, 0.3) is 0 Å². The van der Waals surface area contributed by atoms with Gasteiger partial charge in [-0.25, -0.2) is 4.52 Å². The van der Waals surface area contributed by atoms with Gasteiger partial charge in [0.15, 0.2) is 5.65 Å². The number of hydrogen-bond donors (Lipinski definition) is 1. The zero-order valence-electron chi connectivity index (χ0n) is 7.38. The number of fused-ring (bicyclic) bond motifs is 1. The van der Waals surface area contributed by atoms with Crippen molar-refractivity contribution in [2.45, 2.75) is 19.4 Å². The van der Waals surface area contributed by atoms with Gasteiger partial charge >= 0.3 is 0 Å². The molecule has 0 radical (unpaired) electrons. The maximum Gasteiger partial charge on any atom is 0.179 e. The number of nitrogens with two attached hydrogens (primary N) is 1. The fourth-order valence-corrected chi connectivity index (χ4v) is 1.28. The van der Waals surface area contributed by atoms with Gasteiger partial charge < -0.3 is 5.73 Å². The lowest BCUT2D eigenvalue weighted by Crippen LogP contribution is -2.17. The molecular formula is C8H11N5. The van der Waals surface area contributed by atoms with E-state index in [1.54, 1.807) is 4.52 Å². The first-order valence-electron chi connectivity index (χ1n) is 4.18. The maximum absolute atomic E-state index is 5.69. The highest BCUT2D eigenvalue weighted by molar-refractivity contribution is 5.38. The molecule has 2 aromatic rings. The van der Waals surface area contributed by atoms with E-state index in [0.717, 1.165) is 17.6 Å². The molecule has 5 nitrogen and oxygen atoms in total. The van der Waals surface area contributed by atoms with Crippen molar-refractivity contribution in [3.63, 3.8) is 0 Å². The van der Waals surface area contributed by atoms with Gasteiger partial charge in [-0.1, -0.05) is 0 Å². The predicted molar refractivity (Wildman–Crippen MR) is 48.1 cm³/mol. The Morgan fingerprint density at radius 1 is 1.62 bits per heavy atom. The molecule has 0 bridgehead atoms. The number of tetrazole rings is 1. The molecule has 2 aromatic heterocycles. The van der Waals surface area contributed by atoms with E-state index >= 15 is 0 Å². The van der Waals surface area contributed by atoms with Crippen LogP contribution < -0.4 is 5.73 Å². The molecule has 0 aromatic carbocycles. The second kappa shape index (κ2) is 3.10. The molecule has 0 fully saturated rings. The third-order valence-electron chi connectivity index (χ3n) is 1.82. The zero-order chi connectivity index (χ0) is 9.26. The summed E-state index contributed by atoms with van der Waals surface area (Å²) in [4.78, 5) is 0. The molecule has 2 heterocycles. The van der Waals surface area contributed by atoms with Crippen molar-refractivity contribution in [3.8, 4) is 0 Å². The van der Waals surface area contributed by atoms with Crippen LogP contribution in [0.25, 0.3) is 5.65 Å². The summed E-state index contributed by atoms with van der Waals surface area (Å²) in [7, 11) is 0. The summed E-state index contributed by atoms with van der Waals surface area (Å²) in [5, 5.41) is 11.2. The molecule has 0 saturated heterocycles. The normalized spacial score (nSPS) is 13.4. The Morgan fingerprint density at radius 3 is 3.23 bits per heavy atom. The highest BCUT2D eigenvalue weighted by atomic mass is 15.5. The summed E-state index contributed by atoms with van der Waals surface area (Å²) < 4.78 is 1.63. The number of pyridine rings is 1. The van der Waals surface area contributed by atoms with Crippen molar-refractivity contribution < 1.29 is 0 Å². The molecule has 2 N–H and O–H groups in total. The van der Waals surface area contributed by atoms with Crippen molar-refractivity contribution in [1.82, 2.24) is 20.0 Å². The molecule has 0 saturated carbocycles. The van der Waals surface area contributed by atoms with E-state index in [1.165, 1.54) is 0 Å². The summed E-state index contributed by atoms with van der Waals surface area (Å²) in [6.07, 6.45) is 2.69. The fourth-order valence-electron chi connectivity index (χ4n) is 1.28. The Labute approximate surface area is 75.5 Å². The Balaban J connectivity index is 2.37. The average molecular weight is 177 g/mol. The van der Waals surface area contributed by atoms with E-state index in [4.69, 9.17) is 5.73 Å². The summed E-state index contributed by atoms with van der Waals surface area (Å²) in [5.74, 6) is 0. The molecule has 0 aliphatic heterocycles. The van der Waals surface area contributed by atoms with Crippen LogP contribution in [0.15, 0.2) is 18.3 Å². The van der Waals surface area contributed by atoms with Crippen LogP contribution in [-0.4, -0.2) is 26.1 Å². The first-order valence-corrected chi connectivity index (χ1v) is 4.18. The van der Waals surface area contributed by atoms with Crippen LogP contribution in [0.5, 0.6) is 0 Å². The van der Waals surface area contributed by atoms with Gasteiger partial charge in [-0.2, -0.15) is 0 Å². The van der Waals surface area contributed by atoms with Crippen LogP contribution in [-0.2, 0) is 6.42 Å². The smallest absolute Gasteiger partial charge is 0.179 e. The Hall–Kier alpha value is -1.49. The van der Waals surface area contributed by atoms with Gasteiger partial charge in [-0.05, 0) is 41.5 Å². The first-order chi connectivity index (χ1) is 6.25. The van der Waals surface area contributed by atoms with Crippen LogP contribution in [0.3, 0.4) is 0 Å². The molecule has 1 atom stereocenters. The first kappa shape index (κ1) is 8.12. The fraction of sp³-hybridized carbons (Fsp3) is 0.375. The minimum absolute atomic E-state index is 0.165. The predicted octanol–water partition coefficient (Wildman–Crippen LogP) is 0.0140. The van der Waals surface area contributed by atoms with Crippen molar-refractivity contribution >= 4 is 5.65 Å². The van der Waals surface area contributed by atoms with Gasteiger partial charge in [0.1, 0.15) is 0 Å². The highest BCUT2D eigenvalue weighted by Crippen LogP contribution is 2.04. The van der Waals surface area contributed by atoms with Gasteiger partial charge in [0.2, 0.25) is 0 Å². The third kappa shape index (κ3) is 1.65. The summed E-state index contributed by atoms with van der Waals surface area (Å²) in [5.41, 5.74) is 7.61. The van der Waals surface area contributed by atoms with Crippen LogP contribution in [0.4, 0.5) is 0 Å². The lowest BCUT2D eigenvalue weighted by molar-refractivity contribution is 0.736. The van der Waals surface area contributed by atoms with Crippen molar-refractivity contribution in [1.29, 1.82) is 0 Å². The number of hydrogen-bond acceptors (Lipinski definition) is 4. The number of rotatable bonds is 2. The SMILES string of the molecule is CC(N)Cc1ccn2nnnc2c1. The van der Waals surface area contributed by atoms with Gasteiger partial charge in [0.05, 0.1) is 0 Å². The molecule has 0 spiro atoms. The Bertz CT molecular complexity index is 406. The standard InChI is InChI=1S/C8H11N5/c1-6(9)4-7-2-3-13-8(5-7)10-11-12-13/h2-3,5-6H,4,9H2,1H3. The number of aromatic nitrogens is 4. The maximum atomic E-state index is 5.69. The van der Waals surface area contributed by atoms with E-state index in [-0.39, 0.29) is 6.04 Å². The lowest BCUT2D eigenvalue weighted by Gasteiger charge is -2.03. The van der Waals surface area contributed by atoms with E-state index in [9.17, 15) is 0 Å². The minimum Gasteiger partial charge on any atom is -0.328 e. The van der Waals surface area contributed by atoms with E-state index in [2.05, 4.69) is 15.5 Å². The average Bonchev–Trinajstić information content (AvgIpc) is 2.49. The molecule has 13 heavy (non-hydrogen) atoms. The van der Waals surface area contributed by atoms with E-state index < -0.39 is 0 Å². The van der Waals surface area contributed by atoms with Gasteiger partial charge in [-0.15, -0.1) is 5.10 Å². The molecule has 0 amide bonds.